The number of aromatic nitrogens is 1. The Morgan fingerprint density at radius 2 is 2.05 bits per heavy atom. The average molecular weight is 292 g/mol. The number of amides is 1. The van der Waals surface area contributed by atoms with Crippen molar-refractivity contribution in [3.05, 3.63) is 23.5 Å². The van der Waals surface area contributed by atoms with Gasteiger partial charge in [0.15, 0.2) is 5.78 Å². The van der Waals surface area contributed by atoms with E-state index in [4.69, 9.17) is 4.74 Å². The molecular weight excluding hydrogens is 272 g/mol. The lowest BCUT2D eigenvalue weighted by Crippen LogP contribution is -2.43. The van der Waals surface area contributed by atoms with Crippen molar-refractivity contribution in [2.75, 3.05) is 20.2 Å². The normalized spacial score (nSPS) is 18.4. The predicted molar refractivity (Wildman–Crippen MR) is 76.1 cm³/mol. The van der Waals surface area contributed by atoms with E-state index in [0.29, 0.717) is 24.3 Å². The molecule has 0 spiro atoms. The Hall–Kier alpha value is -2.11. The van der Waals surface area contributed by atoms with E-state index in [-0.39, 0.29) is 23.6 Å². The summed E-state index contributed by atoms with van der Waals surface area (Å²) < 4.78 is 6.41. The van der Waals surface area contributed by atoms with E-state index in [1.807, 2.05) is 0 Å². The number of methoxy groups -OCH3 is 1. The number of Topliss-reactive ketones (excluding diaryl/α,β-unsaturated/α-hetero) is 1. The number of rotatable bonds is 3. The lowest BCUT2D eigenvalue weighted by molar-refractivity contribution is -0.146. The molecule has 0 radical (unpaired) electrons. The molecule has 6 nitrogen and oxygen atoms in total. The Labute approximate surface area is 123 Å². The quantitative estimate of drug-likeness (QED) is 0.621. The van der Waals surface area contributed by atoms with E-state index in [0.717, 1.165) is 12.8 Å². The van der Waals surface area contributed by atoms with Gasteiger partial charge in [0.2, 0.25) is 0 Å². The Morgan fingerprint density at radius 3 is 2.62 bits per heavy atom. The monoisotopic (exact) mass is 292 g/mol. The number of likely N-dealkylation sites (tertiary alicyclic amines) is 1. The zero-order valence-corrected chi connectivity index (χ0v) is 12.6. The summed E-state index contributed by atoms with van der Waals surface area (Å²) in [6.45, 7) is 2.46. The SMILES string of the molecule is COC(=O)[C@H]1CCCN(C(=O)c2cc(C(C)=O)cn2C)C1. The molecule has 1 amide bonds. The Bertz CT molecular complexity index is 576. The Kier molecular flexibility index (Phi) is 4.45. The first kappa shape index (κ1) is 15.3. The molecule has 2 heterocycles. The van der Waals surface area contributed by atoms with Gasteiger partial charge >= 0.3 is 5.97 Å². The fourth-order valence-electron chi connectivity index (χ4n) is 2.65. The Balaban J connectivity index is 2.16. The van der Waals surface area contributed by atoms with Gasteiger partial charge in [0.1, 0.15) is 5.69 Å². The fourth-order valence-corrected chi connectivity index (χ4v) is 2.65. The number of aryl methyl sites for hydroxylation is 1. The number of hydrogen-bond donors (Lipinski definition) is 0. The molecule has 114 valence electrons. The number of nitrogens with zero attached hydrogens (tertiary/aromatic N) is 2. The highest BCUT2D eigenvalue weighted by Gasteiger charge is 2.30. The molecule has 21 heavy (non-hydrogen) atoms. The van der Waals surface area contributed by atoms with E-state index < -0.39 is 0 Å². The van der Waals surface area contributed by atoms with Crippen LogP contribution in [-0.4, -0.2) is 47.3 Å². The van der Waals surface area contributed by atoms with Crippen molar-refractivity contribution in [2.24, 2.45) is 13.0 Å². The van der Waals surface area contributed by atoms with Crippen molar-refractivity contribution in [1.82, 2.24) is 9.47 Å². The third kappa shape index (κ3) is 3.15. The molecule has 0 N–H and O–H groups in total. The minimum absolute atomic E-state index is 0.0734. The Morgan fingerprint density at radius 1 is 1.33 bits per heavy atom. The van der Waals surface area contributed by atoms with Crippen LogP contribution in [0.4, 0.5) is 0 Å². The predicted octanol–water partition coefficient (Wildman–Crippen LogP) is 1.25. The second-order valence-corrected chi connectivity index (χ2v) is 5.39. The molecule has 6 heteroatoms. The van der Waals surface area contributed by atoms with Gasteiger partial charge in [-0.15, -0.1) is 0 Å². The summed E-state index contributed by atoms with van der Waals surface area (Å²) in [4.78, 5) is 37.2. The van der Waals surface area contributed by atoms with Gasteiger partial charge in [-0.25, -0.2) is 0 Å². The van der Waals surface area contributed by atoms with Gasteiger partial charge in [-0.1, -0.05) is 0 Å². The number of carbonyl (C=O) groups excluding carboxylic acids is 3. The molecule has 1 saturated heterocycles. The highest BCUT2D eigenvalue weighted by atomic mass is 16.5. The summed E-state index contributed by atoms with van der Waals surface area (Å²) in [5, 5.41) is 0. The lowest BCUT2D eigenvalue weighted by Gasteiger charge is -2.31. The van der Waals surface area contributed by atoms with Gasteiger partial charge in [0, 0.05) is 31.9 Å². The second kappa shape index (κ2) is 6.11. The molecule has 1 aliphatic rings. The van der Waals surface area contributed by atoms with Crippen LogP contribution in [0, 0.1) is 5.92 Å². The largest absolute Gasteiger partial charge is 0.469 e. The van der Waals surface area contributed by atoms with Gasteiger partial charge in [-0.05, 0) is 25.8 Å². The van der Waals surface area contributed by atoms with Crippen LogP contribution < -0.4 is 0 Å². The minimum Gasteiger partial charge on any atom is -0.469 e. The molecule has 2 rings (SSSR count). The topological polar surface area (TPSA) is 68.6 Å². The molecule has 0 bridgehead atoms. The van der Waals surface area contributed by atoms with Crippen LogP contribution in [0.3, 0.4) is 0 Å². The number of carbonyl (C=O) groups is 3. The van der Waals surface area contributed by atoms with Crippen LogP contribution in [-0.2, 0) is 16.6 Å². The van der Waals surface area contributed by atoms with Crippen LogP contribution in [0.5, 0.6) is 0 Å². The van der Waals surface area contributed by atoms with Gasteiger partial charge in [0.05, 0.1) is 13.0 Å². The molecule has 1 aromatic rings. The molecule has 0 aromatic carbocycles. The van der Waals surface area contributed by atoms with Crippen molar-refractivity contribution >= 4 is 17.7 Å². The highest BCUT2D eigenvalue weighted by Crippen LogP contribution is 2.20. The number of ketones is 1. The van der Waals surface area contributed by atoms with Gasteiger partial charge in [-0.2, -0.15) is 0 Å². The standard InChI is InChI=1S/C15H20N2O4/c1-10(18)12-7-13(16(2)8-12)14(19)17-6-4-5-11(9-17)15(20)21-3/h7-8,11H,4-6,9H2,1-3H3/t11-/m0/s1. The lowest BCUT2D eigenvalue weighted by atomic mass is 9.98. The number of esters is 1. The zero-order chi connectivity index (χ0) is 15.6. The maximum absolute atomic E-state index is 12.6. The zero-order valence-electron chi connectivity index (χ0n) is 12.6. The maximum Gasteiger partial charge on any atom is 0.310 e. The van der Waals surface area contributed by atoms with Crippen LogP contribution in [0.2, 0.25) is 0 Å². The van der Waals surface area contributed by atoms with E-state index in [1.54, 1.807) is 28.8 Å². The fraction of sp³-hybridized carbons (Fsp3) is 0.533. The highest BCUT2D eigenvalue weighted by molar-refractivity contribution is 5.99. The van der Waals surface area contributed by atoms with Gasteiger partial charge < -0.3 is 14.2 Å². The van der Waals surface area contributed by atoms with Crippen LogP contribution in [0.15, 0.2) is 12.3 Å². The number of piperidine rings is 1. The molecule has 0 aliphatic carbocycles. The molecule has 1 atom stereocenters. The third-order valence-corrected chi connectivity index (χ3v) is 3.87. The average Bonchev–Trinajstić information content (AvgIpc) is 2.88. The summed E-state index contributed by atoms with van der Waals surface area (Å²) in [7, 11) is 3.10. The first-order chi connectivity index (χ1) is 9.93. The summed E-state index contributed by atoms with van der Waals surface area (Å²) in [6, 6.07) is 1.60. The summed E-state index contributed by atoms with van der Waals surface area (Å²) >= 11 is 0. The molecule has 0 saturated carbocycles. The molecule has 0 unspecified atom stereocenters. The first-order valence-electron chi connectivity index (χ1n) is 6.98. The van der Waals surface area contributed by atoms with Crippen LogP contribution in [0.25, 0.3) is 0 Å². The van der Waals surface area contributed by atoms with E-state index >= 15 is 0 Å². The molecular formula is C15H20N2O4. The second-order valence-electron chi connectivity index (χ2n) is 5.39. The van der Waals surface area contributed by atoms with E-state index in [1.165, 1.54) is 14.0 Å². The number of hydrogen-bond acceptors (Lipinski definition) is 4. The van der Waals surface area contributed by atoms with E-state index in [9.17, 15) is 14.4 Å². The van der Waals surface area contributed by atoms with E-state index in [2.05, 4.69) is 0 Å². The van der Waals surface area contributed by atoms with Crippen LogP contribution in [0.1, 0.15) is 40.6 Å². The van der Waals surface area contributed by atoms with Crippen molar-refractivity contribution in [1.29, 1.82) is 0 Å². The number of ether oxygens (including phenoxy) is 1. The van der Waals surface area contributed by atoms with Gasteiger partial charge in [-0.3, -0.25) is 14.4 Å². The van der Waals surface area contributed by atoms with Crippen LogP contribution >= 0.6 is 0 Å². The first-order valence-corrected chi connectivity index (χ1v) is 6.98. The van der Waals surface area contributed by atoms with Crippen molar-refractivity contribution in [3.63, 3.8) is 0 Å². The van der Waals surface area contributed by atoms with Crippen molar-refractivity contribution < 1.29 is 19.1 Å². The summed E-state index contributed by atoms with van der Waals surface area (Å²) in [6.07, 6.45) is 3.16. The molecule has 1 aliphatic heterocycles. The third-order valence-electron chi connectivity index (χ3n) is 3.87. The maximum atomic E-state index is 12.6. The molecule has 1 aromatic heterocycles. The minimum atomic E-state index is -0.274. The van der Waals surface area contributed by atoms with Gasteiger partial charge in [0.25, 0.3) is 5.91 Å². The van der Waals surface area contributed by atoms with Crippen molar-refractivity contribution in [2.45, 2.75) is 19.8 Å². The smallest absolute Gasteiger partial charge is 0.310 e. The molecule has 1 fully saturated rings. The summed E-state index contributed by atoms with van der Waals surface area (Å²) in [5.74, 6) is -0.765. The van der Waals surface area contributed by atoms with Crippen molar-refractivity contribution in [3.8, 4) is 0 Å². The summed E-state index contributed by atoms with van der Waals surface area (Å²) in [5.41, 5.74) is 0.980.